The monoisotopic (exact) mass is 507 g/mol. The van der Waals surface area contributed by atoms with Crippen molar-refractivity contribution in [2.45, 2.75) is 51.9 Å². The van der Waals surface area contributed by atoms with Crippen molar-refractivity contribution in [2.24, 2.45) is 5.92 Å². The lowest BCUT2D eigenvalue weighted by Crippen LogP contribution is -2.35. The number of ether oxygens (including phenoxy) is 1. The first-order valence-electron chi connectivity index (χ1n) is 11.7. The number of hydrogen-bond acceptors (Lipinski definition) is 3. The molecule has 0 aliphatic heterocycles. The Labute approximate surface area is 208 Å². The average Bonchev–Trinajstić information content (AvgIpc) is 2.83. The molecule has 0 saturated heterocycles. The molecule has 0 bridgehead atoms. The first kappa shape index (κ1) is 27.5. The fourth-order valence-electron chi connectivity index (χ4n) is 3.66. The SMILES string of the molecule is CCc1cccc(Oc2cccc(N(Cc3cccc(C(F)(F)C(F)(F)F)c3)CC(O)C(C)C)c2)c1. The molecule has 0 aromatic heterocycles. The predicted octanol–water partition coefficient (Wildman–Crippen LogP) is 7.72. The highest BCUT2D eigenvalue weighted by Crippen LogP contribution is 2.44. The van der Waals surface area contributed by atoms with E-state index >= 15 is 0 Å². The zero-order chi connectivity index (χ0) is 26.5. The molecule has 36 heavy (non-hydrogen) atoms. The molecule has 3 rings (SSSR count). The van der Waals surface area contributed by atoms with Gasteiger partial charge in [-0.2, -0.15) is 22.0 Å². The van der Waals surface area contributed by atoms with Gasteiger partial charge in [-0.1, -0.05) is 57.2 Å². The fraction of sp³-hybridized carbons (Fsp3) is 0.357. The molecular formula is C28H30F5NO2. The molecule has 3 aromatic carbocycles. The molecule has 8 heteroatoms. The van der Waals surface area contributed by atoms with Crippen LogP contribution < -0.4 is 9.64 Å². The van der Waals surface area contributed by atoms with Crippen LogP contribution in [0.3, 0.4) is 0 Å². The van der Waals surface area contributed by atoms with E-state index in [0.29, 0.717) is 17.2 Å². The van der Waals surface area contributed by atoms with E-state index in [2.05, 4.69) is 0 Å². The highest BCUT2D eigenvalue weighted by atomic mass is 19.4. The van der Waals surface area contributed by atoms with E-state index < -0.39 is 23.8 Å². The van der Waals surface area contributed by atoms with Crippen molar-refractivity contribution in [2.75, 3.05) is 11.4 Å². The molecule has 0 aliphatic carbocycles. The molecule has 3 aromatic rings. The maximum Gasteiger partial charge on any atom is 0.458 e. The lowest BCUT2D eigenvalue weighted by atomic mass is 10.0. The van der Waals surface area contributed by atoms with Crippen LogP contribution in [0.25, 0.3) is 0 Å². The first-order chi connectivity index (χ1) is 16.9. The molecule has 0 aliphatic rings. The number of halogens is 5. The number of alkyl halides is 5. The molecule has 1 atom stereocenters. The summed E-state index contributed by atoms with van der Waals surface area (Å²) >= 11 is 0. The van der Waals surface area contributed by atoms with E-state index in [4.69, 9.17) is 4.74 Å². The maximum atomic E-state index is 13.9. The van der Waals surface area contributed by atoms with Gasteiger partial charge in [-0.15, -0.1) is 0 Å². The highest BCUT2D eigenvalue weighted by molar-refractivity contribution is 5.52. The number of anilines is 1. The van der Waals surface area contributed by atoms with Crippen LogP contribution in [0, 0.1) is 5.92 Å². The molecule has 0 heterocycles. The lowest BCUT2D eigenvalue weighted by Gasteiger charge is -2.30. The maximum absolute atomic E-state index is 13.9. The van der Waals surface area contributed by atoms with Gasteiger partial charge >= 0.3 is 12.1 Å². The third-order valence-corrected chi connectivity index (χ3v) is 5.92. The molecule has 1 unspecified atom stereocenters. The van der Waals surface area contributed by atoms with Crippen LogP contribution in [-0.2, 0) is 18.9 Å². The van der Waals surface area contributed by atoms with Gasteiger partial charge in [-0.05, 0) is 53.8 Å². The van der Waals surface area contributed by atoms with Crippen LogP contribution in [0.4, 0.5) is 27.6 Å². The van der Waals surface area contributed by atoms with Gasteiger partial charge in [0.25, 0.3) is 0 Å². The fourth-order valence-corrected chi connectivity index (χ4v) is 3.66. The van der Waals surface area contributed by atoms with Gasteiger partial charge < -0.3 is 14.7 Å². The van der Waals surface area contributed by atoms with Gasteiger partial charge in [-0.25, -0.2) is 0 Å². The zero-order valence-electron chi connectivity index (χ0n) is 20.4. The Hall–Kier alpha value is -3.13. The van der Waals surface area contributed by atoms with E-state index in [1.807, 2.05) is 45.0 Å². The molecule has 0 radical (unpaired) electrons. The summed E-state index contributed by atoms with van der Waals surface area (Å²) in [6.45, 7) is 5.88. The van der Waals surface area contributed by atoms with E-state index in [1.165, 1.54) is 12.1 Å². The van der Waals surface area contributed by atoms with Gasteiger partial charge in [0.05, 0.1) is 6.10 Å². The van der Waals surface area contributed by atoms with Gasteiger partial charge in [0.15, 0.2) is 0 Å². The summed E-state index contributed by atoms with van der Waals surface area (Å²) in [6.07, 6.45) is -5.60. The lowest BCUT2D eigenvalue weighted by molar-refractivity contribution is -0.289. The van der Waals surface area contributed by atoms with Crippen LogP contribution in [-0.4, -0.2) is 23.9 Å². The Balaban J connectivity index is 1.91. The predicted molar refractivity (Wildman–Crippen MR) is 131 cm³/mol. The van der Waals surface area contributed by atoms with Crippen molar-refractivity contribution in [3.05, 3.63) is 89.5 Å². The Bertz CT molecular complexity index is 1150. The smallest absolute Gasteiger partial charge is 0.457 e. The third kappa shape index (κ3) is 6.75. The Morgan fingerprint density at radius 3 is 2.08 bits per heavy atom. The Morgan fingerprint density at radius 2 is 1.44 bits per heavy atom. The quantitative estimate of drug-likeness (QED) is 0.285. The van der Waals surface area contributed by atoms with Crippen molar-refractivity contribution in [3.8, 4) is 11.5 Å². The summed E-state index contributed by atoms with van der Waals surface area (Å²) in [7, 11) is 0. The van der Waals surface area contributed by atoms with Crippen molar-refractivity contribution in [1.82, 2.24) is 0 Å². The van der Waals surface area contributed by atoms with Gasteiger partial charge in [0.1, 0.15) is 11.5 Å². The number of benzene rings is 3. The average molecular weight is 508 g/mol. The Morgan fingerprint density at radius 1 is 0.833 bits per heavy atom. The summed E-state index contributed by atoms with van der Waals surface area (Å²) in [5, 5.41) is 10.5. The van der Waals surface area contributed by atoms with Crippen molar-refractivity contribution >= 4 is 5.69 Å². The molecule has 0 saturated carbocycles. The van der Waals surface area contributed by atoms with Crippen molar-refractivity contribution in [3.63, 3.8) is 0 Å². The van der Waals surface area contributed by atoms with Crippen LogP contribution in [0.1, 0.15) is 37.5 Å². The van der Waals surface area contributed by atoms with Gasteiger partial charge in [0.2, 0.25) is 0 Å². The molecule has 194 valence electrons. The van der Waals surface area contributed by atoms with Crippen molar-refractivity contribution < 1.29 is 31.8 Å². The number of aliphatic hydroxyl groups is 1. The first-order valence-corrected chi connectivity index (χ1v) is 11.7. The van der Waals surface area contributed by atoms with E-state index in [-0.39, 0.29) is 24.6 Å². The number of aryl methyl sites for hydroxylation is 1. The molecule has 0 amide bonds. The summed E-state index contributed by atoms with van der Waals surface area (Å²) in [4.78, 5) is 1.74. The van der Waals surface area contributed by atoms with Gasteiger partial charge in [-0.3, -0.25) is 0 Å². The minimum absolute atomic E-state index is 0.0142. The number of rotatable bonds is 10. The molecule has 3 nitrogen and oxygen atoms in total. The number of hydrogen-bond donors (Lipinski definition) is 1. The largest absolute Gasteiger partial charge is 0.458 e. The summed E-state index contributed by atoms with van der Waals surface area (Å²) in [5.41, 5.74) is 0.881. The standard InChI is InChI=1S/C28H30F5NO2/c1-4-20-8-6-12-24(15-20)36-25-13-7-11-23(16-25)34(18-26(35)19(2)3)17-21-9-5-10-22(14-21)27(29,30)28(31,32)33/h5-16,19,26,35H,4,17-18H2,1-3H3. The molecule has 0 spiro atoms. The normalized spacial score (nSPS) is 13.1. The van der Waals surface area contributed by atoms with E-state index in [0.717, 1.165) is 24.1 Å². The van der Waals surface area contributed by atoms with Gasteiger partial charge in [0, 0.05) is 30.4 Å². The highest BCUT2D eigenvalue weighted by Gasteiger charge is 2.58. The van der Waals surface area contributed by atoms with E-state index in [9.17, 15) is 27.1 Å². The van der Waals surface area contributed by atoms with Crippen LogP contribution >= 0.6 is 0 Å². The second kappa shape index (κ2) is 11.3. The number of aliphatic hydroxyl groups excluding tert-OH is 1. The van der Waals surface area contributed by atoms with Crippen LogP contribution in [0.2, 0.25) is 0 Å². The summed E-state index contributed by atoms with van der Waals surface area (Å²) in [6, 6.07) is 19.0. The Kier molecular flexibility index (Phi) is 8.61. The van der Waals surface area contributed by atoms with Crippen LogP contribution in [0.5, 0.6) is 11.5 Å². The third-order valence-electron chi connectivity index (χ3n) is 5.92. The zero-order valence-corrected chi connectivity index (χ0v) is 20.4. The van der Waals surface area contributed by atoms with Crippen molar-refractivity contribution in [1.29, 1.82) is 0 Å². The number of nitrogens with zero attached hydrogens (tertiary/aromatic N) is 1. The summed E-state index contributed by atoms with van der Waals surface area (Å²) in [5.74, 6) is -3.87. The molecule has 0 fully saturated rings. The summed E-state index contributed by atoms with van der Waals surface area (Å²) < 4.78 is 72.6. The van der Waals surface area contributed by atoms with E-state index in [1.54, 1.807) is 29.2 Å². The second-order valence-electron chi connectivity index (χ2n) is 9.06. The molecule has 1 N–H and O–H groups in total. The molecular weight excluding hydrogens is 477 g/mol. The topological polar surface area (TPSA) is 32.7 Å². The minimum Gasteiger partial charge on any atom is -0.457 e. The van der Waals surface area contributed by atoms with Crippen LogP contribution in [0.15, 0.2) is 72.8 Å². The second-order valence-corrected chi connectivity index (χ2v) is 9.06. The minimum atomic E-state index is -5.69.